The van der Waals surface area contributed by atoms with E-state index in [1.807, 2.05) is 0 Å². The average molecular weight is 262 g/mol. The lowest BCUT2D eigenvalue weighted by Crippen LogP contribution is -2.28. The van der Waals surface area contributed by atoms with Crippen LogP contribution in [-0.2, 0) is 9.59 Å². The second-order valence-electron chi connectivity index (χ2n) is 3.92. The highest BCUT2D eigenvalue weighted by atomic mass is 16.3. The topological polar surface area (TPSA) is 62.6 Å². The van der Waals surface area contributed by atoms with Crippen molar-refractivity contribution in [3.05, 3.63) is 30.2 Å². The van der Waals surface area contributed by atoms with E-state index >= 15 is 0 Å². The molecule has 1 rings (SSSR count). The smallest absolute Gasteiger partial charge is 0.221 e. The van der Waals surface area contributed by atoms with Gasteiger partial charge in [-0.25, -0.2) is 0 Å². The largest absolute Gasteiger partial charge is 0.459 e. The summed E-state index contributed by atoms with van der Waals surface area (Å²) in [6, 6.07) is 0. The van der Waals surface area contributed by atoms with E-state index in [0.29, 0.717) is 29.2 Å². The van der Waals surface area contributed by atoms with Crippen LogP contribution in [0.4, 0.5) is 5.69 Å². The zero-order chi connectivity index (χ0) is 14.4. The van der Waals surface area contributed by atoms with Crippen LogP contribution in [0.2, 0.25) is 0 Å². The highest BCUT2D eigenvalue weighted by Gasteiger charge is 2.19. The number of rotatable bonds is 7. The Hall–Kier alpha value is -2.30. The van der Waals surface area contributed by atoms with E-state index in [1.54, 1.807) is 26.1 Å². The van der Waals surface area contributed by atoms with Crippen LogP contribution >= 0.6 is 0 Å². The van der Waals surface area contributed by atoms with Crippen molar-refractivity contribution in [2.45, 2.75) is 13.3 Å². The Labute approximate surface area is 112 Å². The van der Waals surface area contributed by atoms with Gasteiger partial charge in [0.2, 0.25) is 12.3 Å². The molecule has 0 aliphatic carbocycles. The van der Waals surface area contributed by atoms with E-state index in [9.17, 15) is 9.59 Å². The normalized spacial score (nSPS) is 9.79. The Morgan fingerprint density at radius 2 is 2.11 bits per heavy atom. The van der Waals surface area contributed by atoms with Crippen LogP contribution in [0.1, 0.15) is 23.5 Å². The second-order valence-corrected chi connectivity index (χ2v) is 3.92. The predicted molar refractivity (Wildman–Crippen MR) is 75.7 cm³/mol. The van der Waals surface area contributed by atoms with Gasteiger partial charge in [-0.15, -0.1) is 0 Å². The first-order valence-electron chi connectivity index (χ1n) is 5.89. The molecule has 0 atom stereocenters. The maximum atomic E-state index is 11.3. The number of nitrogens with zero attached hydrogens (tertiary/aromatic N) is 1. The minimum Gasteiger partial charge on any atom is -0.459 e. The van der Waals surface area contributed by atoms with Gasteiger partial charge in [-0.1, -0.05) is 19.2 Å². The summed E-state index contributed by atoms with van der Waals surface area (Å²) in [4.78, 5) is 23.9. The molecule has 0 fully saturated rings. The Balaban J connectivity index is 3.07. The molecule has 0 saturated carbocycles. The SMILES string of the molecule is C=Cc1oc(C)c(N(C=O)CCC(=O)NC)c1C=C. The van der Waals surface area contributed by atoms with E-state index in [2.05, 4.69) is 18.5 Å². The quantitative estimate of drug-likeness (QED) is 0.764. The summed E-state index contributed by atoms with van der Waals surface area (Å²) in [6.45, 7) is 9.40. The van der Waals surface area contributed by atoms with Gasteiger partial charge >= 0.3 is 0 Å². The third-order valence-electron chi connectivity index (χ3n) is 2.78. The predicted octanol–water partition coefficient (Wildman–Crippen LogP) is 1.97. The molecule has 0 unspecified atom stereocenters. The van der Waals surface area contributed by atoms with Crippen molar-refractivity contribution in [2.75, 3.05) is 18.5 Å². The zero-order valence-electron chi connectivity index (χ0n) is 11.2. The number of hydrogen-bond acceptors (Lipinski definition) is 3. The summed E-state index contributed by atoms with van der Waals surface area (Å²) < 4.78 is 5.51. The molecule has 0 radical (unpaired) electrons. The van der Waals surface area contributed by atoms with Gasteiger partial charge in [-0.3, -0.25) is 9.59 Å². The number of nitrogens with one attached hydrogen (secondary N) is 1. The molecular formula is C14H18N2O3. The third kappa shape index (κ3) is 3.13. The van der Waals surface area contributed by atoms with Gasteiger partial charge in [-0.05, 0) is 13.0 Å². The lowest BCUT2D eigenvalue weighted by Gasteiger charge is -2.17. The summed E-state index contributed by atoms with van der Waals surface area (Å²) in [7, 11) is 1.56. The van der Waals surface area contributed by atoms with E-state index in [1.165, 1.54) is 4.90 Å². The lowest BCUT2D eigenvalue weighted by atomic mass is 10.1. The van der Waals surface area contributed by atoms with Crippen LogP contribution in [0.25, 0.3) is 12.2 Å². The maximum absolute atomic E-state index is 11.3. The third-order valence-corrected chi connectivity index (χ3v) is 2.78. The van der Waals surface area contributed by atoms with E-state index in [4.69, 9.17) is 4.42 Å². The Morgan fingerprint density at radius 1 is 1.42 bits per heavy atom. The highest BCUT2D eigenvalue weighted by molar-refractivity contribution is 5.86. The number of furan rings is 1. The lowest BCUT2D eigenvalue weighted by molar-refractivity contribution is -0.120. The molecule has 2 amide bonds. The fourth-order valence-corrected chi connectivity index (χ4v) is 1.84. The molecule has 1 aromatic heterocycles. The molecule has 0 saturated heterocycles. The second kappa shape index (κ2) is 6.58. The first-order valence-corrected chi connectivity index (χ1v) is 5.89. The molecule has 0 aliphatic heterocycles. The highest BCUT2D eigenvalue weighted by Crippen LogP contribution is 2.32. The van der Waals surface area contributed by atoms with Crippen LogP contribution in [-0.4, -0.2) is 25.9 Å². The van der Waals surface area contributed by atoms with Gasteiger partial charge in [0.1, 0.15) is 11.5 Å². The number of hydrogen-bond donors (Lipinski definition) is 1. The molecule has 1 aromatic rings. The molecule has 5 heteroatoms. The Morgan fingerprint density at radius 3 is 2.58 bits per heavy atom. The van der Waals surface area contributed by atoms with E-state index in [-0.39, 0.29) is 18.9 Å². The van der Waals surface area contributed by atoms with E-state index < -0.39 is 0 Å². The van der Waals surface area contributed by atoms with Crippen molar-refractivity contribution in [1.29, 1.82) is 0 Å². The molecule has 1 N–H and O–H groups in total. The molecule has 1 heterocycles. The van der Waals surface area contributed by atoms with Gasteiger partial charge in [0, 0.05) is 25.6 Å². The van der Waals surface area contributed by atoms with Crippen molar-refractivity contribution in [2.24, 2.45) is 0 Å². The minimum absolute atomic E-state index is 0.128. The summed E-state index contributed by atoms with van der Waals surface area (Å²) >= 11 is 0. The summed E-state index contributed by atoms with van der Waals surface area (Å²) in [5.41, 5.74) is 1.33. The van der Waals surface area contributed by atoms with Gasteiger partial charge in [0.05, 0.1) is 5.69 Å². The minimum atomic E-state index is -0.128. The van der Waals surface area contributed by atoms with E-state index in [0.717, 1.165) is 0 Å². The van der Waals surface area contributed by atoms with Crippen LogP contribution in [0.15, 0.2) is 17.6 Å². The van der Waals surface area contributed by atoms with Gasteiger partial charge in [-0.2, -0.15) is 0 Å². The molecule has 0 bridgehead atoms. The molecule has 0 aliphatic rings. The van der Waals surface area contributed by atoms with Crippen molar-refractivity contribution in [3.63, 3.8) is 0 Å². The van der Waals surface area contributed by atoms with Crippen LogP contribution < -0.4 is 10.2 Å². The van der Waals surface area contributed by atoms with Gasteiger partial charge in [0.15, 0.2) is 0 Å². The molecular weight excluding hydrogens is 244 g/mol. The number of carbonyl (C=O) groups is 2. The summed E-state index contributed by atoms with van der Waals surface area (Å²) in [5, 5.41) is 2.51. The fourth-order valence-electron chi connectivity index (χ4n) is 1.84. The van der Waals surface area contributed by atoms with Crippen molar-refractivity contribution < 1.29 is 14.0 Å². The Kier molecular flexibility index (Phi) is 5.11. The zero-order valence-corrected chi connectivity index (χ0v) is 11.2. The van der Waals surface area contributed by atoms with Crippen LogP contribution in [0.5, 0.6) is 0 Å². The number of anilines is 1. The Bertz CT molecular complexity index is 503. The fraction of sp³-hybridized carbons (Fsp3) is 0.286. The van der Waals surface area contributed by atoms with Gasteiger partial charge in [0.25, 0.3) is 0 Å². The number of aryl methyl sites for hydroxylation is 1. The molecule has 19 heavy (non-hydrogen) atoms. The van der Waals surface area contributed by atoms with Crippen molar-refractivity contribution in [3.8, 4) is 0 Å². The maximum Gasteiger partial charge on any atom is 0.221 e. The summed E-state index contributed by atoms with van der Waals surface area (Å²) in [6.07, 6.45) is 4.08. The average Bonchev–Trinajstić information content (AvgIpc) is 2.75. The van der Waals surface area contributed by atoms with Crippen LogP contribution in [0, 0.1) is 6.92 Å². The molecule has 102 valence electrons. The number of amides is 2. The van der Waals surface area contributed by atoms with Crippen molar-refractivity contribution in [1.82, 2.24) is 5.32 Å². The molecule has 5 nitrogen and oxygen atoms in total. The first kappa shape index (κ1) is 14.8. The van der Waals surface area contributed by atoms with Gasteiger partial charge < -0.3 is 14.6 Å². The van der Waals surface area contributed by atoms with Crippen LogP contribution in [0.3, 0.4) is 0 Å². The molecule has 0 aromatic carbocycles. The number of carbonyl (C=O) groups excluding carboxylic acids is 2. The van der Waals surface area contributed by atoms with Crippen molar-refractivity contribution >= 4 is 30.2 Å². The first-order chi connectivity index (χ1) is 9.08. The molecule has 0 spiro atoms. The standard InChI is InChI=1S/C14H18N2O3/c1-5-11-12(6-2)19-10(3)14(11)16(9-17)8-7-13(18)15-4/h5-6,9H,1-2,7-8H2,3-4H3,(H,15,18). The summed E-state index contributed by atoms with van der Waals surface area (Å²) in [5.74, 6) is 1.03. The monoisotopic (exact) mass is 262 g/mol.